The van der Waals surface area contributed by atoms with E-state index in [1.165, 1.54) is 19.3 Å². The van der Waals surface area contributed by atoms with Gasteiger partial charge < -0.3 is 9.47 Å². The molecule has 0 spiro atoms. The maximum absolute atomic E-state index is 5.45. The molecule has 16 heavy (non-hydrogen) atoms. The van der Waals surface area contributed by atoms with Gasteiger partial charge in [-0.1, -0.05) is 18.9 Å². The maximum atomic E-state index is 5.45. The van der Waals surface area contributed by atoms with E-state index in [-0.39, 0.29) is 6.04 Å². The number of nitrogens with one attached hydrogen (secondary N) is 1. The molecule has 0 aliphatic heterocycles. The first-order valence-corrected chi connectivity index (χ1v) is 5.98. The lowest BCUT2D eigenvalue weighted by Gasteiger charge is -2.15. The molecule has 0 aromatic heterocycles. The molecule has 4 heteroatoms. The largest absolute Gasteiger partial charge is 0.382 e. The van der Waals surface area contributed by atoms with E-state index in [0.717, 1.165) is 12.8 Å². The molecule has 0 aromatic carbocycles. The van der Waals surface area contributed by atoms with Crippen LogP contribution in [0.3, 0.4) is 0 Å². The predicted molar refractivity (Wildman–Crippen MR) is 67.1 cm³/mol. The van der Waals surface area contributed by atoms with Gasteiger partial charge in [0.2, 0.25) is 0 Å². The van der Waals surface area contributed by atoms with Gasteiger partial charge in [0.15, 0.2) is 0 Å². The van der Waals surface area contributed by atoms with E-state index in [1.807, 2.05) is 6.08 Å². The zero-order chi connectivity index (χ0) is 12.1. The zero-order valence-electron chi connectivity index (χ0n) is 10.4. The Labute approximate surface area is 99.2 Å². The van der Waals surface area contributed by atoms with Gasteiger partial charge in [-0.2, -0.15) is 0 Å². The average molecular weight is 230 g/mol. The van der Waals surface area contributed by atoms with Crippen LogP contribution in [0.5, 0.6) is 0 Å². The first-order valence-electron chi connectivity index (χ1n) is 5.98. The number of methoxy groups -OCH3 is 1. The third-order valence-electron chi connectivity index (χ3n) is 2.45. The number of ether oxygens (including phenoxy) is 2. The molecule has 0 fully saturated rings. The summed E-state index contributed by atoms with van der Waals surface area (Å²) in [6.07, 6.45) is 7.74. The highest BCUT2D eigenvalue weighted by Crippen LogP contribution is 2.06. The Bertz CT molecular complexity index is 154. The fraction of sp³-hybridized carbons (Fsp3) is 0.833. The second kappa shape index (κ2) is 12.6. The minimum absolute atomic E-state index is 0.251. The first-order chi connectivity index (χ1) is 7.85. The molecule has 3 N–H and O–H groups in total. The second-order valence-electron chi connectivity index (χ2n) is 3.86. The number of allylic oxidation sites excluding steroid dienone is 1. The lowest BCUT2D eigenvalue weighted by Crippen LogP contribution is -2.38. The van der Waals surface area contributed by atoms with E-state index in [0.29, 0.717) is 19.8 Å². The Kier molecular flexibility index (Phi) is 12.3. The van der Waals surface area contributed by atoms with Crippen LogP contribution in [0.1, 0.15) is 32.1 Å². The molecule has 0 saturated heterocycles. The lowest BCUT2D eigenvalue weighted by molar-refractivity contribution is 0.0571. The summed E-state index contributed by atoms with van der Waals surface area (Å²) in [4.78, 5) is 0. The molecule has 4 nitrogen and oxygen atoms in total. The van der Waals surface area contributed by atoms with Gasteiger partial charge >= 0.3 is 0 Å². The SMILES string of the molecule is C=CCCCCCC(COCCOC)NN. The number of hydrazine groups is 1. The van der Waals surface area contributed by atoms with Crippen molar-refractivity contribution in [1.29, 1.82) is 0 Å². The zero-order valence-corrected chi connectivity index (χ0v) is 10.4. The van der Waals surface area contributed by atoms with Crippen molar-refractivity contribution in [2.45, 2.75) is 38.1 Å². The van der Waals surface area contributed by atoms with Crippen LogP contribution in [0, 0.1) is 0 Å². The Balaban J connectivity index is 3.32. The van der Waals surface area contributed by atoms with Crippen LogP contribution in [-0.4, -0.2) is 33.0 Å². The molecule has 1 atom stereocenters. The summed E-state index contributed by atoms with van der Waals surface area (Å²) in [5.74, 6) is 5.45. The minimum Gasteiger partial charge on any atom is -0.382 e. The van der Waals surface area contributed by atoms with Gasteiger partial charge in [0.1, 0.15) is 0 Å². The van der Waals surface area contributed by atoms with Crippen molar-refractivity contribution >= 4 is 0 Å². The molecule has 0 radical (unpaired) electrons. The first kappa shape index (κ1) is 15.6. The molecule has 0 amide bonds. The van der Waals surface area contributed by atoms with E-state index >= 15 is 0 Å². The van der Waals surface area contributed by atoms with Crippen LogP contribution in [-0.2, 0) is 9.47 Å². The number of hydrogen-bond donors (Lipinski definition) is 2. The highest BCUT2D eigenvalue weighted by Gasteiger charge is 2.05. The van der Waals surface area contributed by atoms with E-state index in [2.05, 4.69) is 12.0 Å². The molecule has 0 aromatic rings. The van der Waals surface area contributed by atoms with E-state index in [4.69, 9.17) is 15.3 Å². The molecule has 96 valence electrons. The third-order valence-corrected chi connectivity index (χ3v) is 2.45. The Morgan fingerprint density at radius 2 is 2.12 bits per heavy atom. The van der Waals surface area contributed by atoms with Crippen molar-refractivity contribution in [2.24, 2.45) is 5.84 Å². The molecule has 0 rings (SSSR count). The number of unbranched alkanes of at least 4 members (excludes halogenated alkanes) is 3. The second-order valence-corrected chi connectivity index (χ2v) is 3.86. The number of rotatable bonds is 12. The van der Waals surface area contributed by atoms with Crippen LogP contribution in [0.2, 0.25) is 0 Å². The van der Waals surface area contributed by atoms with Gasteiger partial charge in [-0.05, 0) is 19.3 Å². The van der Waals surface area contributed by atoms with Crippen LogP contribution in [0.25, 0.3) is 0 Å². The number of nitrogens with two attached hydrogens (primary N) is 1. The molecule has 1 unspecified atom stereocenters. The topological polar surface area (TPSA) is 56.5 Å². The van der Waals surface area contributed by atoms with E-state index < -0.39 is 0 Å². The van der Waals surface area contributed by atoms with Crippen molar-refractivity contribution in [2.75, 3.05) is 26.9 Å². The predicted octanol–water partition coefficient (Wildman–Crippen LogP) is 1.62. The van der Waals surface area contributed by atoms with Crippen molar-refractivity contribution in [3.63, 3.8) is 0 Å². The normalized spacial score (nSPS) is 12.6. The molecular formula is C12H26N2O2. The summed E-state index contributed by atoms with van der Waals surface area (Å²) < 4.78 is 10.3. The Morgan fingerprint density at radius 1 is 1.31 bits per heavy atom. The van der Waals surface area contributed by atoms with Crippen LogP contribution < -0.4 is 11.3 Å². The van der Waals surface area contributed by atoms with Crippen molar-refractivity contribution < 1.29 is 9.47 Å². The summed E-state index contributed by atoms with van der Waals surface area (Å²) >= 11 is 0. The summed E-state index contributed by atoms with van der Waals surface area (Å²) in [6, 6.07) is 0.251. The van der Waals surface area contributed by atoms with E-state index in [1.54, 1.807) is 7.11 Å². The highest BCUT2D eigenvalue weighted by atomic mass is 16.5. The van der Waals surface area contributed by atoms with Gasteiger partial charge in [0.25, 0.3) is 0 Å². The van der Waals surface area contributed by atoms with Crippen LogP contribution in [0.4, 0.5) is 0 Å². The smallest absolute Gasteiger partial charge is 0.0701 e. The molecule has 0 aliphatic carbocycles. The van der Waals surface area contributed by atoms with Gasteiger partial charge in [0, 0.05) is 13.2 Å². The van der Waals surface area contributed by atoms with Gasteiger partial charge in [-0.25, -0.2) is 0 Å². The highest BCUT2D eigenvalue weighted by molar-refractivity contribution is 4.67. The third kappa shape index (κ3) is 10.1. The quantitative estimate of drug-likeness (QED) is 0.231. The molecule has 0 heterocycles. The van der Waals surface area contributed by atoms with Gasteiger partial charge in [-0.3, -0.25) is 11.3 Å². The molecule has 0 aliphatic rings. The van der Waals surface area contributed by atoms with E-state index in [9.17, 15) is 0 Å². The molecule has 0 bridgehead atoms. The lowest BCUT2D eigenvalue weighted by atomic mass is 10.1. The summed E-state index contributed by atoms with van der Waals surface area (Å²) in [7, 11) is 1.67. The molecular weight excluding hydrogens is 204 g/mol. The summed E-state index contributed by atoms with van der Waals surface area (Å²) in [5.41, 5.74) is 2.78. The van der Waals surface area contributed by atoms with Crippen LogP contribution >= 0.6 is 0 Å². The van der Waals surface area contributed by atoms with Gasteiger partial charge in [-0.15, -0.1) is 6.58 Å². The van der Waals surface area contributed by atoms with Crippen molar-refractivity contribution in [3.8, 4) is 0 Å². The minimum atomic E-state index is 0.251. The van der Waals surface area contributed by atoms with Crippen molar-refractivity contribution in [3.05, 3.63) is 12.7 Å². The summed E-state index contributed by atoms with van der Waals surface area (Å²) in [6.45, 7) is 5.62. The average Bonchev–Trinajstić information content (AvgIpc) is 2.31. The molecule has 0 saturated carbocycles. The Hall–Kier alpha value is -0.420. The van der Waals surface area contributed by atoms with Crippen molar-refractivity contribution in [1.82, 2.24) is 5.43 Å². The Morgan fingerprint density at radius 3 is 2.75 bits per heavy atom. The van der Waals surface area contributed by atoms with Gasteiger partial charge in [0.05, 0.1) is 19.8 Å². The number of hydrogen-bond acceptors (Lipinski definition) is 4. The monoisotopic (exact) mass is 230 g/mol. The maximum Gasteiger partial charge on any atom is 0.0701 e. The fourth-order valence-electron chi connectivity index (χ4n) is 1.44. The fourth-order valence-corrected chi connectivity index (χ4v) is 1.44. The van der Waals surface area contributed by atoms with Crippen LogP contribution in [0.15, 0.2) is 12.7 Å². The summed E-state index contributed by atoms with van der Waals surface area (Å²) in [5, 5.41) is 0. The standard InChI is InChI=1S/C12H26N2O2/c1-3-4-5-6-7-8-12(14-13)11-16-10-9-15-2/h3,12,14H,1,4-11,13H2,2H3.